The third kappa shape index (κ3) is 2.53. The summed E-state index contributed by atoms with van der Waals surface area (Å²) in [5.41, 5.74) is 2.48. The first-order valence-corrected chi connectivity index (χ1v) is 6.00. The molecule has 0 saturated heterocycles. The molecule has 0 spiro atoms. The molecule has 0 fully saturated rings. The standard InChI is InChI=1S/C14H17NO3/c1-15(9-13(16)18-2)14(17)12-7-10-5-3-4-6-11(10)8-12/h3-6,12H,7-9H2,1-2H3. The number of hydrogen-bond donors (Lipinski definition) is 0. The first kappa shape index (κ1) is 12.6. The molecule has 18 heavy (non-hydrogen) atoms. The van der Waals surface area contributed by atoms with Crippen molar-refractivity contribution >= 4 is 11.9 Å². The van der Waals surface area contributed by atoms with Crippen LogP contribution in [0.2, 0.25) is 0 Å². The van der Waals surface area contributed by atoms with Crippen molar-refractivity contribution in [3.05, 3.63) is 35.4 Å². The van der Waals surface area contributed by atoms with Crippen LogP contribution in [0.4, 0.5) is 0 Å². The lowest BCUT2D eigenvalue weighted by Gasteiger charge is -2.19. The minimum atomic E-state index is -0.388. The third-order valence-electron chi connectivity index (χ3n) is 3.37. The van der Waals surface area contributed by atoms with Gasteiger partial charge in [0.25, 0.3) is 0 Å². The van der Waals surface area contributed by atoms with Gasteiger partial charge in [0.2, 0.25) is 5.91 Å². The molecule has 0 aromatic heterocycles. The number of hydrogen-bond acceptors (Lipinski definition) is 3. The molecule has 1 amide bonds. The van der Waals surface area contributed by atoms with Crippen molar-refractivity contribution in [2.45, 2.75) is 12.8 Å². The quantitative estimate of drug-likeness (QED) is 0.750. The van der Waals surface area contributed by atoms with E-state index in [0.29, 0.717) is 0 Å². The van der Waals surface area contributed by atoms with Crippen LogP contribution in [0.3, 0.4) is 0 Å². The largest absolute Gasteiger partial charge is 0.468 e. The van der Waals surface area contributed by atoms with Gasteiger partial charge in [0.05, 0.1) is 7.11 Å². The molecule has 0 saturated carbocycles. The smallest absolute Gasteiger partial charge is 0.325 e. The molecule has 0 radical (unpaired) electrons. The van der Waals surface area contributed by atoms with Crippen molar-refractivity contribution in [3.63, 3.8) is 0 Å². The van der Waals surface area contributed by atoms with Gasteiger partial charge in [0, 0.05) is 13.0 Å². The van der Waals surface area contributed by atoms with Crippen LogP contribution in [-0.4, -0.2) is 37.5 Å². The zero-order valence-electron chi connectivity index (χ0n) is 10.7. The van der Waals surface area contributed by atoms with Crippen LogP contribution in [0.25, 0.3) is 0 Å². The SMILES string of the molecule is COC(=O)CN(C)C(=O)C1Cc2ccccc2C1. The molecule has 0 N–H and O–H groups in total. The van der Waals surface area contributed by atoms with Crippen molar-refractivity contribution in [1.29, 1.82) is 0 Å². The third-order valence-corrected chi connectivity index (χ3v) is 3.37. The van der Waals surface area contributed by atoms with E-state index in [-0.39, 0.29) is 24.3 Å². The van der Waals surface area contributed by atoms with Gasteiger partial charge < -0.3 is 9.64 Å². The van der Waals surface area contributed by atoms with Crippen LogP contribution in [0.1, 0.15) is 11.1 Å². The van der Waals surface area contributed by atoms with Gasteiger partial charge in [-0.15, -0.1) is 0 Å². The highest BCUT2D eigenvalue weighted by Gasteiger charge is 2.29. The highest BCUT2D eigenvalue weighted by Crippen LogP contribution is 2.27. The summed E-state index contributed by atoms with van der Waals surface area (Å²) in [6.07, 6.45) is 1.53. The molecule has 0 atom stereocenters. The normalized spacial score (nSPS) is 14.1. The Morgan fingerprint density at radius 1 is 1.28 bits per heavy atom. The van der Waals surface area contributed by atoms with Crippen LogP contribution >= 0.6 is 0 Å². The molecule has 4 heteroatoms. The van der Waals surface area contributed by atoms with Crippen molar-refractivity contribution in [3.8, 4) is 0 Å². The van der Waals surface area contributed by atoms with Crippen LogP contribution in [0.15, 0.2) is 24.3 Å². The Kier molecular flexibility index (Phi) is 3.65. The maximum Gasteiger partial charge on any atom is 0.325 e. The summed E-state index contributed by atoms with van der Waals surface area (Å²) in [6, 6.07) is 8.10. The highest BCUT2D eigenvalue weighted by molar-refractivity contribution is 5.84. The molecule has 1 aromatic rings. The zero-order chi connectivity index (χ0) is 13.1. The highest BCUT2D eigenvalue weighted by atomic mass is 16.5. The minimum Gasteiger partial charge on any atom is -0.468 e. The summed E-state index contributed by atoms with van der Waals surface area (Å²) in [5, 5.41) is 0. The Balaban J connectivity index is 1.98. The predicted octanol–water partition coefficient (Wildman–Crippen LogP) is 1.03. The lowest BCUT2D eigenvalue weighted by atomic mass is 10.1. The Morgan fingerprint density at radius 3 is 2.33 bits per heavy atom. The van der Waals surface area contributed by atoms with Gasteiger partial charge >= 0.3 is 5.97 Å². The van der Waals surface area contributed by atoms with Crippen LogP contribution in [0.5, 0.6) is 0 Å². The second-order valence-electron chi connectivity index (χ2n) is 4.64. The maximum atomic E-state index is 12.2. The lowest BCUT2D eigenvalue weighted by Crippen LogP contribution is -2.37. The number of fused-ring (bicyclic) bond motifs is 1. The van der Waals surface area contributed by atoms with E-state index in [9.17, 15) is 9.59 Å². The fourth-order valence-corrected chi connectivity index (χ4v) is 2.38. The van der Waals surface area contributed by atoms with E-state index in [2.05, 4.69) is 16.9 Å². The molecule has 1 aromatic carbocycles. The summed E-state index contributed by atoms with van der Waals surface area (Å²) >= 11 is 0. The lowest BCUT2D eigenvalue weighted by molar-refractivity contribution is -0.147. The number of carbonyl (C=O) groups excluding carboxylic acids is 2. The molecular weight excluding hydrogens is 230 g/mol. The maximum absolute atomic E-state index is 12.2. The van der Waals surface area contributed by atoms with Gasteiger partial charge in [-0.25, -0.2) is 0 Å². The van der Waals surface area contributed by atoms with E-state index in [0.717, 1.165) is 12.8 Å². The molecule has 1 aliphatic rings. The Morgan fingerprint density at radius 2 is 1.83 bits per heavy atom. The number of rotatable bonds is 3. The second-order valence-corrected chi connectivity index (χ2v) is 4.64. The Bertz CT molecular complexity index is 445. The topological polar surface area (TPSA) is 46.6 Å². The summed E-state index contributed by atoms with van der Waals surface area (Å²) in [5.74, 6) is -0.421. The van der Waals surface area contributed by atoms with Gasteiger partial charge in [0.15, 0.2) is 0 Å². The van der Waals surface area contributed by atoms with Crippen molar-refractivity contribution in [2.75, 3.05) is 20.7 Å². The fraction of sp³-hybridized carbons (Fsp3) is 0.429. The number of carbonyl (C=O) groups is 2. The first-order valence-electron chi connectivity index (χ1n) is 6.00. The number of amides is 1. The average molecular weight is 247 g/mol. The predicted molar refractivity (Wildman–Crippen MR) is 67.0 cm³/mol. The van der Waals surface area contributed by atoms with Crippen LogP contribution < -0.4 is 0 Å². The summed E-state index contributed by atoms with van der Waals surface area (Å²) < 4.78 is 4.56. The number of likely N-dealkylation sites (N-methyl/N-ethyl adjacent to an activating group) is 1. The number of esters is 1. The molecule has 0 aliphatic heterocycles. The van der Waals surface area contributed by atoms with E-state index < -0.39 is 0 Å². The van der Waals surface area contributed by atoms with Gasteiger partial charge in [-0.1, -0.05) is 24.3 Å². The molecule has 1 aliphatic carbocycles. The van der Waals surface area contributed by atoms with Crippen molar-refractivity contribution < 1.29 is 14.3 Å². The number of methoxy groups -OCH3 is 1. The fourth-order valence-electron chi connectivity index (χ4n) is 2.38. The number of nitrogens with zero attached hydrogens (tertiary/aromatic N) is 1. The number of ether oxygens (including phenoxy) is 1. The van der Waals surface area contributed by atoms with E-state index in [4.69, 9.17) is 0 Å². The average Bonchev–Trinajstić information content (AvgIpc) is 2.81. The summed E-state index contributed by atoms with van der Waals surface area (Å²) in [7, 11) is 2.97. The van der Waals surface area contributed by atoms with Crippen molar-refractivity contribution in [1.82, 2.24) is 4.90 Å². The monoisotopic (exact) mass is 247 g/mol. The molecular formula is C14H17NO3. The van der Waals surface area contributed by atoms with Gasteiger partial charge in [-0.05, 0) is 24.0 Å². The van der Waals surface area contributed by atoms with E-state index in [1.165, 1.54) is 23.1 Å². The van der Waals surface area contributed by atoms with Gasteiger partial charge in [-0.2, -0.15) is 0 Å². The molecule has 0 heterocycles. The molecule has 4 nitrogen and oxygen atoms in total. The first-order chi connectivity index (χ1) is 8.61. The van der Waals surface area contributed by atoms with Crippen LogP contribution in [-0.2, 0) is 27.2 Å². The Hall–Kier alpha value is -1.84. The zero-order valence-corrected chi connectivity index (χ0v) is 10.7. The second kappa shape index (κ2) is 5.21. The van der Waals surface area contributed by atoms with E-state index in [1.807, 2.05) is 12.1 Å². The van der Waals surface area contributed by atoms with Gasteiger partial charge in [0.1, 0.15) is 6.54 Å². The molecule has 2 rings (SSSR count). The van der Waals surface area contributed by atoms with Crippen molar-refractivity contribution in [2.24, 2.45) is 5.92 Å². The molecule has 96 valence electrons. The number of benzene rings is 1. The molecule has 0 bridgehead atoms. The van der Waals surface area contributed by atoms with Gasteiger partial charge in [-0.3, -0.25) is 9.59 Å². The Labute approximate surface area is 107 Å². The van der Waals surface area contributed by atoms with Crippen LogP contribution in [0, 0.1) is 5.92 Å². The minimum absolute atomic E-state index is 0.0107. The van der Waals surface area contributed by atoms with E-state index >= 15 is 0 Å². The summed E-state index contributed by atoms with van der Waals surface area (Å²) in [4.78, 5) is 24.8. The van der Waals surface area contributed by atoms with E-state index in [1.54, 1.807) is 7.05 Å². The molecule has 0 unspecified atom stereocenters. The summed E-state index contributed by atoms with van der Waals surface area (Å²) in [6.45, 7) is 0.0161.